The minimum absolute atomic E-state index is 0. The van der Waals surface area contributed by atoms with Gasteiger partial charge in [0.05, 0.1) is 12.2 Å². The zero-order valence-corrected chi connectivity index (χ0v) is 14.4. The first-order chi connectivity index (χ1) is 10.3. The number of hydrogen-bond acceptors (Lipinski definition) is 4. The third-order valence-electron chi connectivity index (χ3n) is 4.32. The molecule has 1 atom stereocenters. The van der Waals surface area contributed by atoms with Crippen LogP contribution in [-0.4, -0.2) is 49.3 Å². The summed E-state index contributed by atoms with van der Waals surface area (Å²) in [5.74, 6) is 1.75. The molecule has 3 rings (SSSR count). The van der Waals surface area contributed by atoms with Gasteiger partial charge in [0.1, 0.15) is 0 Å². The van der Waals surface area contributed by atoms with Gasteiger partial charge in [0, 0.05) is 23.7 Å². The molecule has 2 N–H and O–H groups in total. The molecule has 2 heterocycles. The first kappa shape index (κ1) is 17.6. The molecule has 0 aromatic heterocycles. The molecule has 122 valence electrons. The van der Waals surface area contributed by atoms with E-state index in [-0.39, 0.29) is 18.3 Å². The van der Waals surface area contributed by atoms with Crippen molar-refractivity contribution in [1.29, 1.82) is 0 Å². The topological polar surface area (TPSA) is 49.6 Å². The minimum Gasteiger partial charge on any atom is -0.330 e. The third-order valence-corrected chi connectivity index (χ3v) is 5.37. The Labute approximate surface area is 142 Å². The molecule has 0 saturated carbocycles. The van der Waals surface area contributed by atoms with Crippen molar-refractivity contribution in [2.24, 2.45) is 11.7 Å². The Morgan fingerprint density at radius 3 is 2.95 bits per heavy atom. The van der Waals surface area contributed by atoms with E-state index in [1.54, 1.807) is 0 Å². The summed E-state index contributed by atoms with van der Waals surface area (Å²) in [6.45, 7) is 4.05. The number of nitrogens with two attached hydrogens (primary N) is 1. The number of likely N-dealkylation sites (tertiary alicyclic amines) is 1. The zero-order valence-electron chi connectivity index (χ0n) is 12.7. The van der Waals surface area contributed by atoms with Gasteiger partial charge in [0.25, 0.3) is 0 Å². The number of carbonyl (C=O) groups is 1. The van der Waals surface area contributed by atoms with Gasteiger partial charge in [-0.15, -0.1) is 24.2 Å². The Bertz CT molecular complexity index is 514. The zero-order chi connectivity index (χ0) is 14.7. The van der Waals surface area contributed by atoms with Gasteiger partial charge in [0.2, 0.25) is 5.91 Å². The van der Waals surface area contributed by atoms with Crippen LogP contribution in [-0.2, 0) is 4.79 Å². The van der Waals surface area contributed by atoms with E-state index in [0.717, 1.165) is 44.0 Å². The van der Waals surface area contributed by atoms with E-state index in [9.17, 15) is 4.79 Å². The molecule has 6 heteroatoms. The maximum absolute atomic E-state index is 12.7. The molecule has 4 nitrogen and oxygen atoms in total. The number of anilines is 1. The summed E-state index contributed by atoms with van der Waals surface area (Å²) in [4.78, 5) is 18.1. The van der Waals surface area contributed by atoms with E-state index >= 15 is 0 Å². The van der Waals surface area contributed by atoms with E-state index < -0.39 is 0 Å². The Balaban J connectivity index is 0.00000176. The summed E-state index contributed by atoms with van der Waals surface area (Å²) in [5.41, 5.74) is 6.85. The summed E-state index contributed by atoms with van der Waals surface area (Å²) in [6.07, 6.45) is 2.35. The number of piperidine rings is 1. The lowest BCUT2D eigenvalue weighted by Crippen LogP contribution is -2.46. The van der Waals surface area contributed by atoms with Gasteiger partial charge in [-0.3, -0.25) is 9.69 Å². The molecule has 0 spiro atoms. The fourth-order valence-corrected chi connectivity index (χ4v) is 4.19. The molecular weight excluding hydrogens is 318 g/mol. The standard InChI is InChI=1S/C16H23N3OS.ClH/c17-10-13-4-3-7-18(11-13)12-16(20)19-8-9-21-15-6-2-1-5-14(15)19;/h1-2,5-6,13H,3-4,7-12,17H2;1H. The van der Waals surface area contributed by atoms with Crippen molar-refractivity contribution in [2.75, 3.05) is 43.4 Å². The number of para-hydroxylation sites is 1. The smallest absolute Gasteiger partial charge is 0.241 e. The highest BCUT2D eigenvalue weighted by atomic mass is 35.5. The van der Waals surface area contributed by atoms with Crippen LogP contribution in [0.2, 0.25) is 0 Å². The van der Waals surface area contributed by atoms with Crippen LogP contribution in [0.1, 0.15) is 12.8 Å². The summed E-state index contributed by atoms with van der Waals surface area (Å²) >= 11 is 1.84. The molecule has 1 aromatic rings. The van der Waals surface area contributed by atoms with Gasteiger partial charge in [-0.05, 0) is 44.0 Å². The van der Waals surface area contributed by atoms with Gasteiger partial charge in [-0.1, -0.05) is 12.1 Å². The van der Waals surface area contributed by atoms with Gasteiger partial charge in [-0.25, -0.2) is 0 Å². The first-order valence-electron chi connectivity index (χ1n) is 7.72. The van der Waals surface area contributed by atoms with E-state index in [1.807, 2.05) is 28.8 Å². The fraction of sp³-hybridized carbons (Fsp3) is 0.562. The fourth-order valence-electron chi connectivity index (χ4n) is 3.19. The van der Waals surface area contributed by atoms with E-state index in [2.05, 4.69) is 17.0 Å². The highest BCUT2D eigenvalue weighted by Gasteiger charge is 2.26. The molecule has 1 amide bonds. The lowest BCUT2D eigenvalue weighted by atomic mass is 9.98. The molecule has 1 aromatic carbocycles. The summed E-state index contributed by atoms with van der Waals surface area (Å²) in [5, 5.41) is 0. The molecule has 2 aliphatic heterocycles. The number of hydrogen-bond donors (Lipinski definition) is 1. The molecule has 1 fully saturated rings. The number of nitrogens with zero attached hydrogens (tertiary/aromatic N) is 2. The quantitative estimate of drug-likeness (QED) is 0.915. The number of carbonyl (C=O) groups excluding carboxylic acids is 1. The lowest BCUT2D eigenvalue weighted by molar-refractivity contribution is -0.120. The first-order valence-corrected chi connectivity index (χ1v) is 8.71. The van der Waals surface area contributed by atoms with Crippen molar-refractivity contribution in [3.8, 4) is 0 Å². The number of rotatable bonds is 3. The van der Waals surface area contributed by atoms with Crippen LogP contribution in [0.4, 0.5) is 5.69 Å². The monoisotopic (exact) mass is 341 g/mol. The number of fused-ring (bicyclic) bond motifs is 1. The number of amides is 1. The number of halogens is 1. The predicted molar refractivity (Wildman–Crippen MR) is 95.0 cm³/mol. The van der Waals surface area contributed by atoms with Gasteiger partial charge < -0.3 is 10.6 Å². The van der Waals surface area contributed by atoms with Gasteiger partial charge >= 0.3 is 0 Å². The largest absolute Gasteiger partial charge is 0.330 e. The molecule has 2 aliphatic rings. The van der Waals surface area contributed by atoms with E-state index in [1.165, 1.54) is 11.3 Å². The van der Waals surface area contributed by atoms with E-state index in [0.29, 0.717) is 12.5 Å². The van der Waals surface area contributed by atoms with Crippen molar-refractivity contribution >= 4 is 35.8 Å². The highest BCUT2D eigenvalue weighted by molar-refractivity contribution is 7.99. The van der Waals surface area contributed by atoms with Crippen LogP contribution in [0.3, 0.4) is 0 Å². The summed E-state index contributed by atoms with van der Waals surface area (Å²) < 4.78 is 0. The Kier molecular flexibility index (Phi) is 6.56. The highest BCUT2D eigenvalue weighted by Crippen LogP contribution is 2.34. The summed E-state index contributed by atoms with van der Waals surface area (Å²) in [6, 6.07) is 8.20. The van der Waals surface area contributed by atoms with Crippen LogP contribution >= 0.6 is 24.2 Å². The normalized spacial score (nSPS) is 21.9. The van der Waals surface area contributed by atoms with Gasteiger partial charge in [0.15, 0.2) is 0 Å². The van der Waals surface area contributed by atoms with Crippen LogP contribution < -0.4 is 10.6 Å². The van der Waals surface area contributed by atoms with Crippen molar-refractivity contribution < 1.29 is 4.79 Å². The molecule has 0 radical (unpaired) electrons. The Hall–Kier alpha value is -0.750. The molecule has 1 saturated heterocycles. The maximum atomic E-state index is 12.7. The number of thioether (sulfide) groups is 1. The van der Waals surface area contributed by atoms with E-state index in [4.69, 9.17) is 5.73 Å². The Morgan fingerprint density at radius 2 is 2.14 bits per heavy atom. The van der Waals surface area contributed by atoms with Crippen molar-refractivity contribution in [2.45, 2.75) is 17.7 Å². The molecule has 22 heavy (non-hydrogen) atoms. The van der Waals surface area contributed by atoms with Crippen LogP contribution in [0, 0.1) is 5.92 Å². The second-order valence-electron chi connectivity index (χ2n) is 5.84. The Morgan fingerprint density at radius 1 is 1.32 bits per heavy atom. The van der Waals surface area contributed by atoms with Gasteiger partial charge in [-0.2, -0.15) is 0 Å². The molecule has 0 bridgehead atoms. The summed E-state index contributed by atoms with van der Waals surface area (Å²) in [7, 11) is 0. The van der Waals surface area contributed by atoms with Crippen LogP contribution in [0.25, 0.3) is 0 Å². The van der Waals surface area contributed by atoms with Crippen LogP contribution in [0.5, 0.6) is 0 Å². The average Bonchev–Trinajstić information content (AvgIpc) is 2.54. The number of benzene rings is 1. The molecular formula is C16H24ClN3OS. The average molecular weight is 342 g/mol. The lowest BCUT2D eigenvalue weighted by Gasteiger charge is -2.34. The van der Waals surface area contributed by atoms with Crippen molar-refractivity contribution in [1.82, 2.24) is 4.90 Å². The maximum Gasteiger partial charge on any atom is 0.241 e. The van der Waals surface area contributed by atoms with Crippen LogP contribution in [0.15, 0.2) is 29.2 Å². The minimum atomic E-state index is 0. The molecule has 1 unspecified atom stereocenters. The van der Waals surface area contributed by atoms with Crippen molar-refractivity contribution in [3.63, 3.8) is 0 Å². The predicted octanol–water partition coefficient (Wildman–Crippen LogP) is 2.22. The SMILES string of the molecule is Cl.NCC1CCCN(CC(=O)N2CCSc3ccccc32)C1. The third kappa shape index (κ3) is 3.96. The second-order valence-corrected chi connectivity index (χ2v) is 6.98. The second kappa shape index (κ2) is 8.20. The molecule has 0 aliphatic carbocycles. The van der Waals surface area contributed by atoms with Crippen molar-refractivity contribution in [3.05, 3.63) is 24.3 Å².